The van der Waals surface area contributed by atoms with Gasteiger partial charge in [0.05, 0.1) is 17.4 Å². The first-order valence-corrected chi connectivity index (χ1v) is 8.11. The van der Waals surface area contributed by atoms with Crippen LogP contribution in [0.3, 0.4) is 0 Å². The van der Waals surface area contributed by atoms with Crippen LogP contribution < -0.4 is 10.1 Å². The molecule has 0 radical (unpaired) electrons. The van der Waals surface area contributed by atoms with Crippen molar-refractivity contribution in [1.29, 1.82) is 0 Å². The number of aryl methyl sites for hydroxylation is 2. The van der Waals surface area contributed by atoms with E-state index in [-0.39, 0.29) is 5.91 Å². The van der Waals surface area contributed by atoms with E-state index in [4.69, 9.17) is 4.74 Å². The van der Waals surface area contributed by atoms with Gasteiger partial charge in [-0.2, -0.15) is 8.75 Å². The molecule has 6 nitrogen and oxygen atoms in total. The van der Waals surface area contributed by atoms with Crippen molar-refractivity contribution >= 4 is 23.5 Å². The van der Waals surface area contributed by atoms with Crippen molar-refractivity contribution in [3.05, 3.63) is 65.1 Å². The van der Waals surface area contributed by atoms with Gasteiger partial charge < -0.3 is 10.1 Å². The van der Waals surface area contributed by atoms with E-state index in [9.17, 15) is 4.79 Å². The van der Waals surface area contributed by atoms with Crippen molar-refractivity contribution in [1.82, 2.24) is 13.7 Å². The molecular formula is C17H16N4O2S. The van der Waals surface area contributed by atoms with Crippen molar-refractivity contribution in [2.45, 2.75) is 20.5 Å². The molecule has 1 N–H and O–H groups in total. The van der Waals surface area contributed by atoms with E-state index >= 15 is 0 Å². The molecule has 0 atom stereocenters. The topological polar surface area (TPSA) is 77.0 Å². The molecule has 2 heterocycles. The third-order valence-electron chi connectivity index (χ3n) is 3.37. The average Bonchev–Trinajstić information content (AvgIpc) is 2.98. The molecule has 0 unspecified atom stereocenters. The number of hydrogen-bond acceptors (Lipinski definition) is 6. The second-order valence-electron chi connectivity index (χ2n) is 5.23. The lowest BCUT2D eigenvalue weighted by Gasteiger charge is -2.07. The first kappa shape index (κ1) is 16.1. The Kier molecular flexibility index (Phi) is 4.81. The Morgan fingerprint density at radius 1 is 1.12 bits per heavy atom. The van der Waals surface area contributed by atoms with E-state index in [0.717, 1.165) is 17.1 Å². The van der Waals surface area contributed by atoms with Gasteiger partial charge in [-0.15, -0.1) is 0 Å². The first-order valence-electron chi connectivity index (χ1n) is 7.38. The summed E-state index contributed by atoms with van der Waals surface area (Å²) in [6.07, 6.45) is 0. The lowest BCUT2D eigenvalue weighted by atomic mass is 10.2. The van der Waals surface area contributed by atoms with Crippen molar-refractivity contribution in [3.63, 3.8) is 0 Å². The summed E-state index contributed by atoms with van der Waals surface area (Å²) in [5.74, 6) is 0.999. The molecule has 0 bridgehead atoms. The first-order chi connectivity index (χ1) is 11.6. The Hall–Kier alpha value is -2.80. The lowest BCUT2D eigenvalue weighted by Crippen LogP contribution is -2.13. The summed E-state index contributed by atoms with van der Waals surface area (Å²) in [5.41, 5.74) is 3.09. The van der Waals surface area contributed by atoms with Gasteiger partial charge in [0.25, 0.3) is 5.91 Å². The van der Waals surface area contributed by atoms with Crippen molar-refractivity contribution in [2.24, 2.45) is 0 Å². The van der Waals surface area contributed by atoms with E-state index in [2.05, 4.69) is 19.0 Å². The maximum atomic E-state index is 12.2. The molecule has 3 aromatic rings. The Morgan fingerprint density at radius 2 is 1.92 bits per heavy atom. The van der Waals surface area contributed by atoms with Gasteiger partial charge in [-0.25, -0.2) is 4.98 Å². The Balaban J connectivity index is 1.61. The van der Waals surface area contributed by atoms with Gasteiger partial charge in [-0.1, -0.05) is 6.07 Å². The van der Waals surface area contributed by atoms with Gasteiger partial charge in [0, 0.05) is 11.3 Å². The second kappa shape index (κ2) is 7.18. The molecule has 0 saturated carbocycles. The number of aromatic nitrogens is 3. The second-order valence-corrected chi connectivity index (χ2v) is 5.76. The number of carbonyl (C=O) groups is 1. The van der Waals surface area contributed by atoms with Gasteiger partial charge >= 0.3 is 0 Å². The highest BCUT2D eigenvalue weighted by molar-refractivity contribution is 6.99. The van der Waals surface area contributed by atoms with Crippen LogP contribution in [0.25, 0.3) is 0 Å². The zero-order valence-corrected chi connectivity index (χ0v) is 14.1. The van der Waals surface area contributed by atoms with Gasteiger partial charge in [0.15, 0.2) is 0 Å². The number of nitrogens with zero attached hydrogens (tertiary/aromatic N) is 3. The van der Waals surface area contributed by atoms with Crippen LogP contribution in [0, 0.1) is 13.8 Å². The molecule has 7 heteroatoms. The normalized spacial score (nSPS) is 10.4. The predicted octanol–water partition coefficient (Wildman–Crippen LogP) is 3.38. The number of rotatable bonds is 5. The van der Waals surface area contributed by atoms with Crippen LogP contribution in [0.15, 0.2) is 42.5 Å². The zero-order valence-electron chi connectivity index (χ0n) is 13.3. The SMILES string of the molecule is Cc1cccc(NC(=O)c2ccc(OCc3nsnc3C)cc2)n1. The van der Waals surface area contributed by atoms with Crippen LogP contribution in [0.5, 0.6) is 5.75 Å². The number of hydrogen-bond donors (Lipinski definition) is 1. The van der Waals surface area contributed by atoms with Crippen LogP contribution in [-0.4, -0.2) is 19.6 Å². The Bertz CT molecular complexity index is 846. The minimum absolute atomic E-state index is 0.209. The van der Waals surface area contributed by atoms with E-state index in [0.29, 0.717) is 23.7 Å². The summed E-state index contributed by atoms with van der Waals surface area (Å²) in [6.45, 7) is 4.14. The predicted molar refractivity (Wildman–Crippen MR) is 92.3 cm³/mol. The molecule has 0 aliphatic heterocycles. The molecule has 0 saturated heterocycles. The number of carbonyl (C=O) groups excluding carboxylic acids is 1. The smallest absolute Gasteiger partial charge is 0.256 e. The molecule has 0 spiro atoms. The average molecular weight is 340 g/mol. The number of ether oxygens (including phenoxy) is 1. The molecular weight excluding hydrogens is 324 g/mol. The Morgan fingerprint density at radius 3 is 2.58 bits per heavy atom. The quantitative estimate of drug-likeness (QED) is 0.770. The summed E-state index contributed by atoms with van der Waals surface area (Å²) in [5, 5.41) is 2.77. The summed E-state index contributed by atoms with van der Waals surface area (Å²) in [6, 6.07) is 12.4. The maximum absolute atomic E-state index is 12.2. The van der Waals surface area contributed by atoms with Crippen molar-refractivity contribution in [2.75, 3.05) is 5.32 Å². The number of amides is 1. The number of benzene rings is 1. The molecule has 0 fully saturated rings. The third kappa shape index (κ3) is 3.94. The number of pyridine rings is 1. The monoisotopic (exact) mass is 340 g/mol. The fourth-order valence-corrected chi connectivity index (χ4v) is 2.59. The fourth-order valence-electron chi connectivity index (χ4n) is 2.04. The van der Waals surface area contributed by atoms with E-state index in [1.807, 2.05) is 26.0 Å². The molecule has 1 amide bonds. The van der Waals surface area contributed by atoms with E-state index < -0.39 is 0 Å². The summed E-state index contributed by atoms with van der Waals surface area (Å²) in [4.78, 5) is 16.5. The number of nitrogens with one attached hydrogen (secondary N) is 1. The molecule has 122 valence electrons. The summed E-state index contributed by atoms with van der Waals surface area (Å²) < 4.78 is 13.9. The fraction of sp³-hybridized carbons (Fsp3) is 0.176. The molecule has 24 heavy (non-hydrogen) atoms. The van der Waals surface area contributed by atoms with Gasteiger partial charge in [0.2, 0.25) is 0 Å². The molecule has 0 aliphatic rings. The third-order valence-corrected chi connectivity index (χ3v) is 4.03. The van der Waals surface area contributed by atoms with Crippen LogP contribution in [0.2, 0.25) is 0 Å². The highest BCUT2D eigenvalue weighted by Gasteiger charge is 2.08. The van der Waals surface area contributed by atoms with Crippen LogP contribution in [0.4, 0.5) is 5.82 Å². The summed E-state index contributed by atoms with van der Waals surface area (Å²) >= 11 is 1.17. The number of anilines is 1. The highest BCUT2D eigenvalue weighted by atomic mass is 32.1. The minimum Gasteiger partial charge on any atom is -0.487 e. The van der Waals surface area contributed by atoms with Crippen molar-refractivity contribution < 1.29 is 9.53 Å². The molecule has 1 aromatic carbocycles. The van der Waals surface area contributed by atoms with Gasteiger partial charge in [-0.05, 0) is 50.2 Å². The molecule has 2 aromatic heterocycles. The standard InChI is InChI=1S/C17H16N4O2S/c1-11-4-3-5-16(18-11)19-17(22)13-6-8-14(9-7-13)23-10-15-12(2)20-24-21-15/h3-9H,10H2,1-2H3,(H,18,19,22). The largest absolute Gasteiger partial charge is 0.487 e. The zero-order chi connectivity index (χ0) is 16.9. The highest BCUT2D eigenvalue weighted by Crippen LogP contribution is 2.16. The summed E-state index contributed by atoms with van der Waals surface area (Å²) in [7, 11) is 0. The molecule has 3 rings (SSSR count). The minimum atomic E-state index is -0.209. The van der Waals surface area contributed by atoms with Gasteiger partial charge in [0.1, 0.15) is 23.9 Å². The Labute approximate surface area is 143 Å². The van der Waals surface area contributed by atoms with E-state index in [1.165, 1.54) is 11.7 Å². The van der Waals surface area contributed by atoms with Crippen molar-refractivity contribution in [3.8, 4) is 5.75 Å². The van der Waals surface area contributed by atoms with Gasteiger partial charge in [-0.3, -0.25) is 4.79 Å². The molecule has 0 aliphatic carbocycles. The van der Waals surface area contributed by atoms with Crippen LogP contribution in [0.1, 0.15) is 27.4 Å². The van der Waals surface area contributed by atoms with Crippen LogP contribution >= 0.6 is 11.7 Å². The van der Waals surface area contributed by atoms with E-state index in [1.54, 1.807) is 30.3 Å². The maximum Gasteiger partial charge on any atom is 0.256 e. The lowest BCUT2D eigenvalue weighted by molar-refractivity contribution is 0.102. The van der Waals surface area contributed by atoms with Crippen LogP contribution in [-0.2, 0) is 6.61 Å².